The Morgan fingerprint density at radius 2 is 1.93 bits per heavy atom. The monoisotopic (exact) mass is 399 g/mol. The first-order chi connectivity index (χ1) is 14.1. The first-order valence-corrected chi connectivity index (χ1v) is 10.2. The van der Waals surface area contributed by atoms with Crippen molar-refractivity contribution in [1.29, 1.82) is 0 Å². The Bertz CT molecular complexity index is 820. The molecule has 1 aromatic heterocycles. The number of aromatic nitrogens is 2. The van der Waals surface area contributed by atoms with Gasteiger partial charge in [-0.1, -0.05) is 30.3 Å². The van der Waals surface area contributed by atoms with Crippen LogP contribution < -0.4 is 0 Å². The van der Waals surface area contributed by atoms with Gasteiger partial charge in [0.25, 0.3) is 0 Å². The van der Waals surface area contributed by atoms with Crippen LogP contribution in [0.2, 0.25) is 0 Å². The van der Waals surface area contributed by atoms with Crippen LogP contribution in [-0.4, -0.2) is 53.3 Å². The SMILES string of the molecule is CCOC(=O)c1[nH]ncc1CN1CCCC(Cc2ccccc2)(C(=O)OCC)C1. The summed E-state index contributed by atoms with van der Waals surface area (Å²) < 4.78 is 10.6. The molecule has 1 aliphatic rings. The van der Waals surface area contributed by atoms with Crippen molar-refractivity contribution < 1.29 is 19.1 Å². The number of nitrogens with one attached hydrogen (secondary N) is 1. The van der Waals surface area contributed by atoms with Crippen molar-refractivity contribution in [2.75, 3.05) is 26.3 Å². The van der Waals surface area contributed by atoms with E-state index in [0.29, 0.717) is 38.4 Å². The van der Waals surface area contributed by atoms with E-state index in [4.69, 9.17) is 9.47 Å². The number of carbonyl (C=O) groups is 2. The molecule has 0 radical (unpaired) electrons. The molecular weight excluding hydrogens is 370 g/mol. The van der Waals surface area contributed by atoms with Crippen molar-refractivity contribution in [3.05, 3.63) is 53.3 Å². The number of rotatable bonds is 8. The molecular formula is C22H29N3O4. The fraction of sp³-hybridized carbons (Fsp3) is 0.500. The Kier molecular flexibility index (Phi) is 7.04. The van der Waals surface area contributed by atoms with Gasteiger partial charge in [0.2, 0.25) is 0 Å². The quantitative estimate of drug-likeness (QED) is 0.687. The van der Waals surface area contributed by atoms with Crippen LogP contribution in [0.5, 0.6) is 0 Å². The number of esters is 2. The van der Waals surface area contributed by atoms with Crippen molar-refractivity contribution in [2.45, 2.75) is 39.7 Å². The third-order valence-corrected chi connectivity index (χ3v) is 5.34. The average molecular weight is 399 g/mol. The zero-order valence-electron chi connectivity index (χ0n) is 17.1. The number of benzene rings is 1. The van der Waals surface area contributed by atoms with Gasteiger partial charge in [-0.25, -0.2) is 4.79 Å². The number of aromatic amines is 1. The highest BCUT2D eigenvalue weighted by molar-refractivity contribution is 5.88. The molecule has 29 heavy (non-hydrogen) atoms. The smallest absolute Gasteiger partial charge is 0.356 e. The predicted octanol–water partition coefficient (Wildman–Crippen LogP) is 2.97. The van der Waals surface area contributed by atoms with Crippen LogP contribution in [0, 0.1) is 5.41 Å². The second kappa shape index (κ2) is 9.69. The molecule has 1 saturated heterocycles. The van der Waals surface area contributed by atoms with E-state index in [9.17, 15) is 9.59 Å². The van der Waals surface area contributed by atoms with Gasteiger partial charge in [-0.3, -0.25) is 14.8 Å². The highest BCUT2D eigenvalue weighted by Gasteiger charge is 2.43. The molecule has 0 bridgehead atoms. The molecule has 1 N–H and O–H groups in total. The molecule has 7 nitrogen and oxygen atoms in total. The summed E-state index contributed by atoms with van der Waals surface area (Å²) in [6.45, 7) is 6.24. The molecule has 1 aliphatic heterocycles. The Morgan fingerprint density at radius 3 is 2.66 bits per heavy atom. The zero-order valence-corrected chi connectivity index (χ0v) is 17.1. The first kappa shape index (κ1) is 21.0. The topological polar surface area (TPSA) is 84.5 Å². The van der Waals surface area contributed by atoms with Gasteiger partial charge in [0.05, 0.1) is 24.8 Å². The van der Waals surface area contributed by atoms with Crippen LogP contribution in [-0.2, 0) is 27.2 Å². The molecule has 1 fully saturated rings. The largest absolute Gasteiger partial charge is 0.466 e. The number of carbonyl (C=O) groups excluding carboxylic acids is 2. The van der Waals surface area contributed by atoms with Gasteiger partial charge in [-0.05, 0) is 45.2 Å². The summed E-state index contributed by atoms with van der Waals surface area (Å²) in [5.74, 6) is -0.552. The van der Waals surface area contributed by atoms with E-state index < -0.39 is 11.4 Å². The summed E-state index contributed by atoms with van der Waals surface area (Å²) in [5, 5.41) is 6.76. The van der Waals surface area contributed by atoms with Crippen molar-refractivity contribution in [2.24, 2.45) is 5.41 Å². The minimum absolute atomic E-state index is 0.147. The lowest BCUT2D eigenvalue weighted by Gasteiger charge is -2.41. The summed E-state index contributed by atoms with van der Waals surface area (Å²) in [5.41, 5.74) is 1.69. The maximum atomic E-state index is 13.0. The zero-order chi connectivity index (χ0) is 20.7. The van der Waals surface area contributed by atoms with Crippen LogP contribution in [0.15, 0.2) is 36.5 Å². The summed E-state index contributed by atoms with van der Waals surface area (Å²) in [6.07, 6.45) is 3.97. The van der Waals surface area contributed by atoms with Gasteiger partial charge in [0, 0.05) is 18.7 Å². The molecule has 2 heterocycles. The summed E-state index contributed by atoms with van der Waals surface area (Å²) in [6, 6.07) is 10.1. The maximum absolute atomic E-state index is 13.0. The molecule has 3 rings (SSSR count). The number of nitrogens with zero attached hydrogens (tertiary/aromatic N) is 2. The molecule has 0 saturated carbocycles. The minimum Gasteiger partial charge on any atom is -0.466 e. The van der Waals surface area contributed by atoms with Crippen molar-refractivity contribution in [1.82, 2.24) is 15.1 Å². The van der Waals surface area contributed by atoms with E-state index in [1.54, 1.807) is 13.1 Å². The second-order valence-electron chi connectivity index (χ2n) is 7.47. The Hall–Kier alpha value is -2.67. The average Bonchev–Trinajstić information content (AvgIpc) is 3.17. The van der Waals surface area contributed by atoms with Gasteiger partial charge in [-0.2, -0.15) is 5.10 Å². The van der Waals surface area contributed by atoms with Crippen LogP contribution in [0.4, 0.5) is 0 Å². The highest BCUT2D eigenvalue weighted by atomic mass is 16.5. The normalized spacial score (nSPS) is 19.7. The fourth-order valence-corrected chi connectivity index (χ4v) is 4.07. The van der Waals surface area contributed by atoms with Gasteiger partial charge in [0.15, 0.2) is 0 Å². The van der Waals surface area contributed by atoms with E-state index in [-0.39, 0.29) is 5.97 Å². The molecule has 2 aromatic rings. The third-order valence-electron chi connectivity index (χ3n) is 5.34. The molecule has 0 spiro atoms. The van der Waals surface area contributed by atoms with E-state index in [1.165, 1.54) is 0 Å². The van der Waals surface area contributed by atoms with Crippen LogP contribution in [0.3, 0.4) is 0 Å². The van der Waals surface area contributed by atoms with E-state index in [2.05, 4.69) is 27.2 Å². The summed E-state index contributed by atoms with van der Waals surface area (Å²) in [4.78, 5) is 27.3. The molecule has 1 atom stereocenters. The van der Waals surface area contributed by atoms with E-state index in [1.807, 2.05) is 25.1 Å². The number of hydrogen-bond donors (Lipinski definition) is 1. The molecule has 0 amide bonds. The lowest BCUT2D eigenvalue weighted by Crippen LogP contribution is -2.49. The summed E-state index contributed by atoms with van der Waals surface area (Å²) >= 11 is 0. The molecule has 1 unspecified atom stereocenters. The van der Waals surface area contributed by atoms with Gasteiger partial charge >= 0.3 is 11.9 Å². The molecule has 156 valence electrons. The van der Waals surface area contributed by atoms with Gasteiger partial charge in [-0.15, -0.1) is 0 Å². The Labute approximate surface area is 171 Å². The van der Waals surface area contributed by atoms with E-state index >= 15 is 0 Å². The fourth-order valence-electron chi connectivity index (χ4n) is 4.07. The van der Waals surface area contributed by atoms with E-state index in [0.717, 1.165) is 30.5 Å². The first-order valence-electron chi connectivity index (χ1n) is 10.2. The standard InChI is InChI=1S/C22H29N3O4/c1-3-28-20(26)19-18(14-23-24-19)15-25-12-8-11-22(16-25,21(27)29-4-2)13-17-9-6-5-7-10-17/h5-7,9-10,14H,3-4,8,11-13,15-16H2,1-2H3,(H,23,24). The summed E-state index contributed by atoms with van der Waals surface area (Å²) in [7, 11) is 0. The van der Waals surface area contributed by atoms with Gasteiger partial charge in [0.1, 0.15) is 5.69 Å². The Morgan fingerprint density at radius 1 is 1.17 bits per heavy atom. The number of hydrogen-bond acceptors (Lipinski definition) is 6. The lowest BCUT2D eigenvalue weighted by atomic mass is 9.75. The number of likely N-dealkylation sites (tertiary alicyclic amines) is 1. The number of H-pyrrole nitrogens is 1. The van der Waals surface area contributed by atoms with Gasteiger partial charge < -0.3 is 9.47 Å². The highest BCUT2D eigenvalue weighted by Crippen LogP contribution is 2.36. The lowest BCUT2D eigenvalue weighted by molar-refractivity contribution is -0.159. The van der Waals surface area contributed by atoms with Crippen LogP contribution >= 0.6 is 0 Å². The molecule has 7 heteroatoms. The number of piperidine rings is 1. The minimum atomic E-state index is -0.594. The van der Waals surface area contributed by atoms with Crippen molar-refractivity contribution >= 4 is 11.9 Å². The Balaban J connectivity index is 1.79. The van der Waals surface area contributed by atoms with Crippen LogP contribution in [0.25, 0.3) is 0 Å². The second-order valence-corrected chi connectivity index (χ2v) is 7.47. The maximum Gasteiger partial charge on any atom is 0.356 e. The molecule has 1 aromatic carbocycles. The van der Waals surface area contributed by atoms with Crippen LogP contribution in [0.1, 0.15) is 48.3 Å². The van der Waals surface area contributed by atoms with Crippen molar-refractivity contribution in [3.8, 4) is 0 Å². The molecule has 0 aliphatic carbocycles. The third kappa shape index (κ3) is 5.03. The van der Waals surface area contributed by atoms with Crippen molar-refractivity contribution in [3.63, 3.8) is 0 Å². The number of ether oxygens (including phenoxy) is 2. The predicted molar refractivity (Wildman–Crippen MR) is 108 cm³/mol.